The summed E-state index contributed by atoms with van der Waals surface area (Å²) in [4.78, 5) is 13.8. The summed E-state index contributed by atoms with van der Waals surface area (Å²) in [5, 5.41) is 1.07. The van der Waals surface area contributed by atoms with Crippen LogP contribution >= 0.6 is 0 Å². The van der Waals surface area contributed by atoms with E-state index in [-0.39, 0.29) is 0 Å². The van der Waals surface area contributed by atoms with Crippen LogP contribution < -0.4 is 0 Å². The number of hydrogen-bond acceptors (Lipinski definition) is 1. The molecule has 0 aliphatic carbocycles. The predicted octanol–water partition coefficient (Wildman–Crippen LogP) is 2.54. The SMILES string of the molecule is CCc1cccc2[nH]cc(C=O)c12. The number of aryl methyl sites for hydroxylation is 1. The highest BCUT2D eigenvalue weighted by molar-refractivity contribution is 5.99. The van der Waals surface area contributed by atoms with Crippen LogP contribution in [0.4, 0.5) is 0 Å². The molecule has 2 heteroatoms. The zero-order valence-corrected chi connectivity index (χ0v) is 7.50. The first-order valence-corrected chi connectivity index (χ1v) is 4.41. The lowest BCUT2D eigenvalue weighted by molar-refractivity contribution is 0.112. The maximum atomic E-state index is 10.7. The van der Waals surface area contributed by atoms with Gasteiger partial charge in [0.05, 0.1) is 0 Å². The molecule has 2 aromatic rings. The Morgan fingerprint density at radius 2 is 2.31 bits per heavy atom. The minimum absolute atomic E-state index is 0.757. The van der Waals surface area contributed by atoms with Crippen LogP contribution in [-0.2, 0) is 6.42 Å². The van der Waals surface area contributed by atoms with Gasteiger partial charge in [-0.1, -0.05) is 19.1 Å². The van der Waals surface area contributed by atoms with Gasteiger partial charge in [0.1, 0.15) is 0 Å². The van der Waals surface area contributed by atoms with Gasteiger partial charge in [-0.25, -0.2) is 0 Å². The summed E-state index contributed by atoms with van der Waals surface area (Å²) in [7, 11) is 0. The average molecular weight is 173 g/mol. The van der Waals surface area contributed by atoms with Gasteiger partial charge in [-0.05, 0) is 18.1 Å². The first-order valence-electron chi connectivity index (χ1n) is 4.41. The fourth-order valence-electron chi connectivity index (χ4n) is 1.68. The van der Waals surface area contributed by atoms with E-state index in [1.165, 1.54) is 5.56 Å². The molecule has 0 saturated heterocycles. The maximum Gasteiger partial charge on any atom is 0.152 e. The Labute approximate surface area is 76.6 Å². The number of aromatic amines is 1. The van der Waals surface area contributed by atoms with Crippen molar-refractivity contribution in [3.63, 3.8) is 0 Å². The Hall–Kier alpha value is -1.57. The minimum Gasteiger partial charge on any atom is -0.360 e. The number of fused-ring (bicyclic) bond motifs is 1. The van der Waals surface area contributed by atoms with Gasteiger partial charge in [0, 0.05) is 22.7 Å². The zero-order chi connectivity index (χ0) is 9.26. The van der Waals surface area contributed by atoms with E-state index in [2.05, 4.69) is 18.0 Å². The van der Waals surface area contributed by atoms with Crippen molar-refractivity contribution in [2.24, 2.45) is 0 Å². The molecule has 0 saturated carbocycles. The van der Waals surface area contributed by atoms with E-state index in [0.717, 1.165) is 29.2 Å². The summed E-state index contributed by atoms with van der Waals surface area (Å²) in [6.45, 7) is 2.09. The molecule has 2 nitrogen and oxygen atoms in total. The normalized spacial score (nSPS) is 10.5. The van der Waals surface area contributed by atoms with Crippen LogP contribution in [0.1, 0.15) is 22.8 Å². The van der Waals surface area contributed by atoms with Crippen molar-refractivity contribution in [3.8, 4) is 0 Å². The zero-order valence-electron chi connectivity index (χ0n) is 7.50. The molecule has 13 heavy (non-hydrogen) atoms. The molecule has 2 rings (SSSR count). The number of rotatable bonds is 2. The molecule has 0 aliphatic heterocycles. The molecule has 0 amide bonds. The number of aromatic nitrogens is 1. The lowest BCUT2D eigenvalue weighted by atomic mass is 10.1. The van der Waals surface area contributed by atoms with E-state index < -0.39 is 0 Å². The summed E-state index contributed by atoms with van der Waals surface area (Å²) < 4.78 is 0. The van der Waals surface area contributed by atoms with Crippen molar-refractivity contribution in [1.29, 1.82) is 0 Å². The molecule has 66 valence electrons. The molecule has 1 heterocycles. The highest BCUT2D eigenvalue weighted by Gasteiger charge is 2.05. The molecule has 0 unspecified atom stereocenters. The molecule has 0 spiro atoms. The van der Waals surface area contributed by atoms with Crippen LogP contribution in [0.25, 0.3) is 10.9 Å². The molecular formula is C11H11NO. The van der Waals surface area contributed by atoms with Crippen LogP contribution in [-0.4, -0.2) is 11.3 Å². The van der Waals surface area contributed by atoms with E-state index in [4.69, 9.17) is 0 Å². The summed E-state index contributed by atoms with van der Waals surface area (Å²) in [6.07, 6.45) is 3.62. The van der Waals surface area contributed by atoms with Gasteiger partial charge in [-0.3, -0.25) is 4.79 Å². The first-order chi connectivity index (χ1) is 6.36. The number of nitrogens with one attached hydrogen (secondary N) is 1. The molecule has 0 atom stereocenters. The summed E-state index contributed by atoms with van der Waals surface area (Å²) in [5.74, 6) is 0. The highest BCUT2D eigenvalue weighted by atomic mass is 16.1. The van der Waals surface area contributed by atoms with Crippen LogP contribution in [0.3, 0.4) is 0 Å². The van der Waals surface area contributed by atoms with Crippen molar-refractivity contribution in [2.45, 2.75) is 13.3 Å². The molecule has 1 aromatic heterocycles. The Balaban J connectivity index is 2.83. The van der Waals surface area contributed by atoms with Gasteiger partial charge in [-0.2, -0.15) is 0 Å². The van der Waals surface area contributed by atoms with Crippen LogP contribution in [0, 0.1) is 0 Å². The number of hydrogen-bond donors (Lipinski definition) is 1. The molecule has 0 bridgehead atoms. The van der Waals surface area contributed by atoms with Crippen LogP contribution in [0.5, 0.6) is 0 Å². The van der Waals surface area contributed by atoms with Gasteiger partial charge in [0.15, 0.2) is 6.29 Å². The second-order valence-corrected chi connectivity index (χ2v) is 3.06. The van der Waals surface area contributed by atoms with Gasteiger partial charge >= 0.3 is 0 Å². The minimum atomic E-state index is 0.757. The highest BCUT2D eigenvalue weighted by Crippen LogP contribution is 2.21. The van der Waals surface area contributed by atoms with Crippen molar-refractivity contribution in [1.82, 2.24) is 4.98 Å². The predicted molar refractivity (Wildman–Crippen MR) is 53.1 cm³/mol. The fourth-order valence-corrected chi connectivity index (χ4v) is 1.68. The third kappa shape index (κ3) is 1.15. The largest absolute Gasteiger partial charge is 0.360 e. The Bertz CT molecular complexity index is 442. The molecule has 1 aromatic carbocycles. The number of benzene rings is 1. The lowest BCUT2D eigenvalue weighted by Crippen LogP contribution is -1.84. The molecule has 0 fully saturated rings. The average Bonchev–Trinajstić information content (AvgIpc) is 2.60. The third-order valence-electron chi connectivity index (χ3n) is 2.33. The number of carbonyl (C=O) groups is 1. The van der Waals surface area contributed by atoms with E-state index in [1.54, 1.807) is 6.20 Å². The van der Waals surface area contributed by atoms with Gasteiger partial charge in [-0.15, -0.1) is 0 Å². The third-order valence-corrected chi connectivity index (χ3v) is 2.33. The maximum absolute atomic E-state index is 10.7. The second kappa shape index (κ2) is 3.05. The van der Waals surface area contributed by atoms with Gasteiger partial charge < -0.3 is 4.98 Å². The number of carbonyl (C=O) groups excluding carboxylic acids is 1. The molecule has 0 radical (unpaired) electrons. The first kappa shape index (κ1) is 8.05. The lowest BCUT2D eigenvalue weighted by Gasteiger charge is -1.98. The summed E-state index contributed by atoms with van der Waals surface area (Å²) >= 11 is 0. The number of aldehydes is 1. The van der Waals surface area contributed by atoms with Crippen molar-refractivity contribution in [2.75, 3.05) is 0 Å². The van der Waals surface area contributed by atoms with Gasteiger partial charge in [0.2, 0.25) is 0 Å². The smallest absolute Gasteiger partial charge is 0.152 e. The van der Waals surface area contributed by atoms with Crippen LogP contribution in [0.2, 0.25) is 0 Å². The Morgan fingerprint density at radius 3 is 3.00 bits per heavy atom. The van der Waals surface area contributed by atoms with E-state index in [1.807, 2.05) is 12.1 Å². The quantitative estimate of drug-likeness (QED) is 0.695. The topological polar surface area (TPSA) is 32.9 Å². The molecule has 1 N–H and O–H groups in total. The summed E-state index contributed by atoms with van der Waals surface area (Å²) in [5.41, 5.74) is 3.02. The Morgan fingerprint density at radius 1 is 1.46 bits per heavy atom. The van der Waals surface area contributed by atoms with Crippen molar-refractivity contribution in [3.05, 3.63) is 35.5 Å². The standard InChI is InChI=1S/C11H11NO/c1-2-8-4-3-5-10-11(8)9(7-13)6-12-10/h3-7,12H,2H2,1H3. The molecule has 0 aliphatic rings. The van der Waals surface area contributed by atoms with Crippen molar-refractivity contribution >= 4 is 17.2 Å². The van der Waals surface area contributed by atoms with E-state index >= 15 is 0 Å². The van der Waals surface area contributed by atoms with E-state index in [0.29, 0.717) is 0 Å². The number of H-pyrrole nitrogens is 1. The second-order valence-electron chi connectivity index (χ2n) is 3.06. The summed E-state index contributed by atoms with van der Waals surface area (Å²) in [6, 6.07) is 6.05. The molecular weight excluding hydrogens is 162 g/mol. The Kier molecular flexibility index (Phi) is 1.89. The van der Waals surface area contributed by atoms with E-state index in [9.17, 15) is 4.79 Å². The van der Waals surface area contributed by atoms with Crippen LogP contribution in [0.15, 0.2) is 24.4 Å². The monoisotopic (exact) mass is 173 g/mol. The fraction of sp³-hybridized carbons (Fsp3) is 0.182. The van der Waals surface area contributed by atoms with Crippen molar-refractivity contribution < 1.29 is 4.79 Å². The van der Waals surface area contributed by atoms with Gasteiger partial charge in [0.25, 0.3) is 0 Å².